The normalized spacial score (nSPS) is 22.2. The van der Waals surface area contributed by atoms with Crippen LogP contribution in [-0.4, -0.2) is 42.2 Å². The fraction of sp³-hybridized carbons (Fsp3) is 0.611. The second-order valence-corrected chi connectivity index (χ2v) is 8.12. The van der Waals surface area contributed by atoms with Crippen LogP contribution in [0, 0.1) is 0 Å². The molecule has 2 saturated heterocycles. The predicted octanol–water partition coefficient (Wildman–Crippen LogP) is 2.80. The van der Waals surface area contributed by atoms with Gasteiger partial charge in [-0.2, -0.15) is 0 Å². The van der Waals surface area contributed by atoms with Gasteiger partial charge in [-0.3, -0.25) is 4.79 Å². The van der Waals surface area contributed by atoms with Gasteiger partial charge >= 0.3 is 7.12 Å². The zero-order valence-electron chi connectivity index (χ0n) is 14.9. The number of carbonyl (C=O) groups is 1. The van der Waals surface area contributed by atoms with Crippen LogP contribution in [0.1, 0.15) is 46.1 Å². The summed E-state index contributed by atoms with van der Waals surface area (Å²) in [7, 11) is -0.510. The zero-order valence-corrected chi connectivity index (χ0v) is 15.7. The molecule has 130 valence electrons. The summed E-state index contributed by atoms with van der Waals surface area (Å²) in [5, 5.41) is 0.603. The van der Waals surface area contributed by atoms with E-state index in [1.807, 2.05) is 50.8 Å². The molecule has 6 heteroatoms. The molecule has 0 radical (unpaired) electrons. The Kier molecular flexibility index (Phi) is 4.71. The van der Waals surface area contributed by atoms with Gasteiger partial charge in [0.25, 0.3) is 0 Å². The van der Waals surface area contributed by atoms with Gasteiger partial charge in [0.1, 0.15) is 0 Å². The summed E-state index contributed by atoms with van der Waals surface area (Å²) >= 11 is 6.37. The molecule has 0 atom stereocenters. The third-order valence-electron chi connectivity index (χ3n) is 5.38. The Labute approximate surface area is 149 Å². The van der Waals surface area contributed by atoms with Crippen molar-refractivity contribution in [2.24, 2.45) is 0 Å². The maximum atomic E-state index is 12.4. The minimum Gasteiger partial charge on any atom is -0.399 e. The molecule has 0 aliphatic carbocycles. The van der Waals surface area contributed by atoms with Crippen LogP contribution in [0.25, 0.3) is 0 Å². The fourth-order valence-corrected chi connectivity index (χ4v) is 3.31. The number of nitrogens with zero attached hydrogens (tertiary/aromatic N) is 1. The van der Waals surface area contributed by atoms with Gasteiger partial charge in [-0.25, -0.2) is 0 Å². The van der Waals surface area contributed by atoms with Crippen molar-refractivity contribution in [3.63, 3.8) is 0 Å². The highest BCUT2D eigenvalue weighted by molar-refractivity contribution is 6.65. The molecule has 2 heterocycles. The van der Waals surface area contributed by atoms with Crippen molar-refractivity contribution in [1.29, 1.82) is 0 Å². The van der Waals surface area contributed by atoms with Crippen molar-refractivity contribution in [3.05, 3.63) is 28.8 Å². The Bertz CT molecular complexity index is 625. The van der Waals surface area contributed by atoms with E-state index in [0.29, 0.717) is 11.4 Å². The Morgan fingerprint density at radius 3 is 2.33 bits per heavy atom. The van der Waals surface area contributed by atoms with E-state index in [0.717, 1.165) is 37.0 Å². The van der Waals surface area contributed by atoms with E-state index in [1.165, 1.54) is 0 Å². The van der Waals surface area contributed by atoms with Crippen molar-refractivity contribution in [1.82, 2.24) is 4.90 Å². The SMILES string of the molecule is CC1(C)OB(c2cc(CC(=O)N3CCCC3)ccc2Cl)OC1(C)C. The van der Waals surface area contributed by atoms with Crippen LogP contribution in [0.15, 0.2) is 18.2 Å². The number of hydrogen-bond donors (Lipinski definition) is 0. The molecule has 2 fully saturated rings. The summed E-state index contributed by atoms with van der Waals surface area (Å²) in [4.78, 5) is 14.3. The van der Waals surface area contributed by atoms with Crippen molar-refractivity contribution in [2.75, 3.05) is 13.1 Å². The van der Waals surface area contributed by atoms with Crippen molar-refractivity contribution in [3.8, 4) is 0 Å². The Morgan fingerprint density at radius 1 is 1.17 bits per heavy atom. The van der Waals surface area contributed by atoms with Crippen LogP contribution in [0.3, 0.4) is 0 Å². The standard InChI is InChI=1S/C18H25BClNO3/c1-17(2)18(3,4)24-19(23-17)14-11-13(7-8-15(14)20)12-16(22)21-9-5-6-10-21/h7-8,11H,5-6,9-10,12H2,1-4H3. The summed E-state index contributed by atoms with van der Waals surface area (Å²) < 4.78 is 12.2. The molecule has 0 saturated carbocycles. The summed E-state index contributed by atoms with van der Waals surface area (Å²) in [6, 6.07) is 5.68. The van der Waals surface area contributed by atoms with Crippen LogP contribution in [0.2, 0.25) is 5.02 Å². The Morgan fingerprint density at radius 2 is 1.75 bits per heavy atom. The van der Waals surface area contributed by atoms with Crippen LogP contribution in [0.5, 0.6) is 0 Å². The Hall–Kier alpha value is -1.04. The van der Waals surface area contributed by atoms with Gasteiger partial charge in [0.05, 0.1) is 17.6 Å². The summed E-state index contributed by atoms with van der Waals surface area (Å²) in [5.74, 6) is 0.176. The van der Waals surface area contributed by atoms with Crippen molar-refractivity contribution >= 4 is 30.1 Å². The highest BCUT2D eigenvalue weighted by atomic mass is 35.5. The molecule has 0 unspecified atom stereocenters. The number of benzene rings is 1. The molecule has 1 aromatic rings. The average Bonchev–Trinajstić information content (AvgIpc) is 3.08. The highest BCUT2D eigenvalue weighted by Gasteiger charge is 2.52. The predicted molar refractivity (Wildman–Crippen MR) is 96.7 cm³/mol. The van der Waals surface area contributed by atoms with E-state index < -0.39 is 18.3 Å². The first kappa shape index (κ1) is 17.8. The van der Waals surface area contributed by atoms with Gasteiger partial charge in [-0.05, 0) is 52.2 Å². The fourth-order valence-electron chi connectivity index (χ4n) is 3.11. The van der Waals surface area contributed by atoms with Gasteiger partial charge in [0.15, 0.2) is 0 Å². The topological polar surface area (TPSA) is 38.8 Å². The third kappa shape index (κ3) is 3.35. The molecular formula is C18H25BClNO3. The van der Waals surface area contributed by atoms with Crippen molar-refractivity contribution in [2.45, 2.75) is 58.2 Å². The molecule has 0 N–H and O–H groups in total. The van der Waals surface area contributed by atoms with Gasteiger partial charge in [0, 0.05) is 23.6 Å². The smallest absolute Gasteiger partial charge is 0.399 e. The van der Waals surface area contributed by atoms with E-state index in [1.54, 1.807) is 0 Å². The number of rotatable bonds is 3. The third-order valence-corrected chi connectivity index (χ3v) is 5.73. The number of carbonyl (C=O) groups excluding carboxylic acids is 1. The van der Waals surface area contributed by atoms with Gasteiger partial charge in [-0.1, -0.05) is 23.7 Å². The maximum Gasteiger partial charge on any atom is 0.496 e. The maximum absolute atomic E-state index is 12.4. The molecule has 0 bridgehead atoms. The molecule has 1 aromatic carbocycles. The monoisotopic (exact) mass is 349 g/mol. The molecule has 2 aliphatic heterocycles. The molecule has 3 rings (SSSR count). The van der Waals surface area contributed by atoms with Crippen LogP contribution in [0.4, 0.5) is 0 Å². The average molecular weight is 350 g/mol. The lowest BCUT2D eigenvalue weighted by Gasteiger charge is -2.32. The second kappa shape index (κ2) is 6.36. The molecule has 4 nitrogen and oxygen atoms in total. The van der Waals surface area contributed by atoms with Gasteiger partial charge < -0.3 is 14.2 Å². The minimum absolute atomic E-state index is 0.176. The van der Waals surface area contributed by atoms with E-state index in [2.05, 4.69) is 0 Å². The summed E-state index contributed by atoms with van der Waals surface area (Å²) in [6.07, 6.45) is 2.60. The van der Waals surface area contributed by atoms with E-state index in [-0.39, 0.29) is 5.91 Å². The zero-order chi connectivity index (χ0) is 17.5. The highest BCUT2D eigenvalue weighted by Crippen LogP contribution is 2.37. The minimum atomic E-state index is -0.510. The molecule has 1 amide bonds. The Balaban J connectivity index is 1.78. The first-order chi connectivity index (χ1) is 11.2. The van der Waals surface area contributed by atoms with Crippen LogP contribution in [-0.2, 0) is 20.5 Å². The van der Waals surface area contributed by atoms with Gasteiger partial charge in [0.2, 0.25) is 5.91 Å². The van der Waals surface area contributed by atoms with E-state index >= 15 is 0 Å². The summed E-state index contributed by atoms with van der Waals surface area (Å²) in [5.41, 5.74) is 0.910. The second-order valence-electron chi connectivity index (χ2n) is 7.71. The lowest BCUT2D eigenvalue weighted by atomic mass is 9.78. The van der Waals surface area contributed by atoms with Crippen molar-refractivity contribution < 1.29 is 14.1 Å². The lowest BCUT2D eigenvalue weighted by Crippen LogP contribution is -2.41. The molecular weight excluding hydrogens is 324 g/mol. The molecule has 2 aliphatic rings. The van der Waals surface area contributed by atoms with E-state index in [4.69, 9.17) is 20.9 Å². The van der Waals surface area contributed by atoms with E-state index in [9.17, 15) is 4.79 Å². The number of likely N-dealkylation sites (tertiary alicyclic amines) is 1. The number of halogens is 1. The van der Waals surface area contributed by atoms with Crippen LogP contribution >= 0.6 is 11.6 Å². The summed E-state index contributed by atoms with van der Waals surface area (Å²) in [6.45, 7) is 9.81. The largest absolute Gasteiger partial charge is 0.496 e. The quantitative estimate of drug-likeness (QED) is 0.788. The lowest BCUT2D eigenvalue weighted by molar-refractivity contribution is -0.129. The number of hydrogen-bond acceptors (Lipinski definition) is 3. The van der Waals surface area contributed by atoms with Crippen LogP contribution < -0.4 is 5.46 Å². The first-order valence-electron chi connectivity index (χ1n) is 8.61. The molecule has 0 spiro atoms. The van der Waals surface area contributed by atoms with Gasteiger partial charge in [-0.15, -0.1) is 0 Å². The first-order valence-corrected chi connectivity index (χ1v) is 8.99. The molecule has 0 aromatic heterocycles. The number of amides is 1. The molecule has 24 heavy (non-hydrogen) atoms.